The number of phenols is 1. The van der Waals surface area contributed by atoms with E-state index >= 15 is 0 Å². The number of ether oxygens (including phenoxy) is 3. The lowest BCUT2D eigenvalue weighted by Gasteiger charge is -2.09. The van der Waals surface area contributed by atoms with E-state index in [0.29, 0.717) is 0 Å². The molecule has 2 aromatic rings. The van der Waals surface area contributed by atoms with Crippen LogP contribution in [0.1, 0.15) is 17.3 Å². The monoisotopic (exact) mass is 293 g/mol. The second-order valence-corrected chi connectivity index (χ2v) is 4.24. The fourth-order valence-corrected chi connectivity index (χ4v) is 2.13. The van der Waals surface area contributed by atoms with Crippen LogP contribution < -0.4 is 20.8 Å². The van der Waals surface area contributed by atoms with Crippen LogP contribution >= 0.6 is 0 Å². The number of nitrogen functional groups attached to an aromatic ring is 1. The molecule has 0 amide bonds. The molecule has 8 heteroatoms. The fraction of sp³-hybridized carbons (Fsp3) is 0.231. The largest absolute Gasteiger partial charge is 0.504 e. The topological polar surface area (TPSA) is 121 Å². The molecule has 3 rings (SSSR count). The Morgan fingerprint density at radius 3 is 2.86 bits per heavy atom. The zero-order valence-electron chi connectivity index (χ0n) is 11.0. The number of fused-ring (bicyclic) bond motifs is 3. The summed E-state index contributed by atoms with van der Waals surface area (Å²) in [6.07, 6.45) is 0. The number of hydrogen-bond donors (Lipinski definition) is 2. The van der Waals surface area contributed by atoms with Crippen molar-refractivity contribution >= 4 is 22.6 Å². The third-order valence-electron chi connectivity index (χ3n) is 3.01. The van der Waals surface area contributed by atoms with Gasteiger partial charge in [0.2, 0.25) is 18.3 Å². The Hall–Kier alpha value is -2.90. The van der Waals surface area contributed by atoms with E-state index in [-0.39, 0.29) is 52.9 Å². The van der Waals surface area contributed by atoms with Crippen LogP contribution in [-0.2, 0) is 4.74 Å². The first-order valence-electron chi connectivity index (χ1n) is 6.09. The minimum atomic E-state index is -0.894. The number of anilines is 1. The van der Waals surface area contributed by atoms with E-state index in [9.17, 15) is 14.7 Å². The summed E-state index contributed by atoms with van der Waals surface area (Å²) in [4.78, 5) is 23.8. The van der Waals surface area contributed by atoms with E-state index in [1.165, 1.54) is 6.07 Å². The summed E-state index contributed by atoms with van der Waals surface area (Å²) in [5, 5.41) is 10.0. The Kier molecular flexibility index (Phi) is 2.86. The Labute approximate surface area is 117 Å². The molecule has 0 spiro atoms. The van der Waals surface area contributed by atoms with Crippen molar-refractivity contribution in [1.82, 2.24) is 0 Å². The molecule has 0 radical (unpaired) electrons. The quantitative estimate of drug-likeness (QED) is 0.621. The van der Waals surface area contributed by atoms with Crippen LogP contribution in [0, 0.1) is 0 Å². The van der Waals surface area contributed by atoms with E-state index in [2.05, 4.69) is 0 Å². The normalized spacial score (nSPS) is 12.6. The number of rotatable bonds is 2. The summed E-state index contributed by atoms with van der Waals surface area (Å²) in [6.45, 7) is 1.59. The highest BCUT2D eigenvalue weighted by molar-refractivity contribution is 6.09. The van der Waals surface area contributed by atoms with Crippen molar-refractivity contribution in [2.75, 3.05) is 19.1 Å². The summed E-state index contributed by atoms with van der Waals surface area (Å²) in [6, 6.07) is 1.22. The van der Waals surface area contributed by atoms with Crippen LogP contribution in [0.25, 0.3) is 11.0 Å². The van der Waals surface area contributed by atoms with E-state index in [1.807, 2.05) is 0 Å². The molecule has 0 atom stereocenters. The van der Waals surface area contributed by atoms with Gasteiger partial charge in [0, 0.05) is 5.39 Å². The van der Waals surface area contributed by atoms with E-state index < -0.39 is 11.6 Å². The zero-order valence-corrected chi connectivity index (χ0v) is 11.0. The van der Waals surface area contributed by atoms with Gasteiger partial charge in [0.15, 0.2) is 11.3 Å². The summed E-state index contributed by atoms with van der Waals surface area (Å²) in [7, 11) is 0. The summed E-state index contributed by atoms with van der Waals surface area (Å²) in [5.74, 6) is -0.946. The van der Waals surface area contributed by atoms with Crippen molar-refractivity contribution in [1.29, 1.82) is 0 Å². The maximum absolute atomic E-state index is 12.0. The molecule has 1 aromatic carbocycles. The lowest BCUT2D eigenvalue weighted by atomic mass is 10.1. The molecule has 1 aliphatic heterocycles. The highest BCUT2D eigenvalue weighted by atomic mass is 16.7. The average Bonchev–Trinajstić information content (AvgIpc) is 2.92. The van der Waals surface area contributed by atoms with Crippen LogP contribution in [0.5, 0.6) is 17.2 Å². The SMILES string of the molecule is CCOC(=O)c1c(N)c(=O)oc2c3c(c(O)cc12)OCO3. The van der Waals surface area contributed by atoms with Gasteiger partial charge in [-0.15, -0.1) is 0 Å². The second kappa shape index (κ2) is 4.58. The summed E-state index contributed by atoms with van der Waals surface area (Å²) in [5.41, 5.74) is 4.14. The first kappa shape index (κ1) is 13.1. The highest BCUT2D eigenvalue weighted by Crippen LogP contribution is 2.46. The van der Waals surface area contributed by atoms with Gasteiger partial charge in [-0.2, -0.15) is 0 Å². The average molecular weight is 293 g/mol. The first-order valence-corrected chi connectivity index (χ1v) is 6.09. The van der Waals surface area contributed by atoms with Gasteiger partial charge < -0.3 is 29.5 Å². The van der Waals surface area contributed by atoms with Gasteiger partial charge in [-0.1, -0.05) is 0 Å². The first-order chi connectivity index (χ1) is 10.0. The van der Waals surface area contributed by atoms with Crippen molar-refractivity contribution in [3.8, 4) is 17.2 Å². The van der Waals surface area contributed by atoms with Crippen molar-refractivity contribution in [2.24, 2.45) is 0 Å². The third kappa shape index (κ3) is 1.83. The van der Waals surface area contributed by atoms with Crippen LogP contribution in [0.15, 0.2) is 15.3 Å². The van der Waals surface area contributed by atoms with Gasteiger partial charge in [0.05, 0.1) is 6.61 Å². The number of carbonyl (C=O) groups is 1. The minimum absolute atomic E-state index is 0.0254. The second-order valence-electron chi connectivity index (χ2n) is 4.24. The van der Waals surface area contributed by atoms with E-state index in [0.717, 1.165) is 0 Å². The van der Waals surface area contributed by atoms with Gasteiger partial charge in [-0.05, 0) is 13.0 Å². The highest BCUT2D eigenvalue weighted by Gasteiger charge is 2.29. The summed E-state index contributed by atoms with van der Waals surface area (Å²) < 4.78 is 20.2. The molecule has 8 nitrogen and oxygen atoms in total. The number of aromatic hydroxyl groups is 1. The molecule has 0 aliphatic carbocycles. The van der Waals surface area contributed by atoms with E-state index in [4.69, 9.17) is 24.4 Å². The Morgan fingerprint density at radius 1 is 1.43 bits per heavy atom. The number of carbonyl (C=O) groups excluding carboxylic acids is 1. The molecule has 0 unspecified atom stereocenters. The van der Waals surface area contributed by atoms with Crippen LogP contribution in [0.2, 0.25) is 0 Å². The molecule has 21 heavy (non-hydrogen) atoms. The molecule has 1 aliphatic rings. The number of hydrogen-bond acceptors (Lipinski definition) is 8. The summed E-state index contributed by atoms with van der Waals surface area (Å²) >= 11 is 0. The molecule has 3 N–H and O–H groups in total. The molecule has 110 valence electrons. The van der Waals surface area contributed by atoms with Gasteiger partial charge in [0.25, 0.3) is 0 Å². The molecule has 2 heterocycles. The van der Waals surface area contributed by atoms with Crippen molar-refractivity contribution < 1.29 is 28.5 Å². The van der Waals surface area contributed by atoms with Crippen molar-refractivity contribution in [3.05, 3.63) is 22.0 Å². The van der Waals surface area contributed by atoms with Crippen LogP contribution in [0.4, 0.5) is 5.69 Å². The lowest BCUT2D eigenvalue weighted by Crippen LogP contribution is -2.16. The maximum Gasteiger partial charge on any atom is 0.360 e. The van der Waals surface area contributed by atoms with Gasteiger partial charge in [0.1, 0.15) is 11.3 Å². The molecule has 0 bridgehead atoms. The predicted octanol–water partition coefficient (Wildman–Crippen LogP) is 0.986. The molecule has 0 saturated carbocycles. The molecular weight excluding hydrogens is 282 g/mol. The van der Waals surface area contributed by atoms with Crippen LogP contribution in [0.3, 0.4) is 0 Å². The molecule has 1 aromatic heterocycles. The fourth-order valence-electron chi connectivity index (χ4n) is 2.13. The molecule has 0 saturated heterocycles. The maximum atomic E-state index is 12.0. The Morgan fingerprint density at radius 2 is 2.14 bits per heavy atom. The minimum Gasteiger partial charge on any atom is -0.504 e. The van der Waals surface area contributed by atoms with Crippen molar-refractivity contribution in [2.45, 2.75) is 6.92 Å². The standard InChI is InChI=1S/C13H11NO7/c1-2-18-12(16)7-5-3-6(15)10-11(20-4-19-10)9(5)21-13(17)8(7)14/h3,15H,2,4,14H2,1H3. The number of nitrogens with two attached hydrogens (primary N) is 1. The van der Waals surface area contributed by atoms with Crippen LogP contribution in [-0.4, -0.2) is 24.5 Å². The Balaban J connectivity index is 2.41. The molecular formula is C13H11NO7. The van der Waals surface area contributed by atoms with Gasteiger partial charge in [-0.25, -0.2) is 9.59 Å². The zero-order chi connectivity index (χ0) is 15.1. The van der Waals surface area contributed by atoms with Gasteiger partial charge in [-0.3, -0.25) is 0 Å². The van der Waals surface area contributed by atoms with E-state index in [1.54, 1.807) is 6.92 Å². The van der Waals surface area contributed by atoms with Gasteiger partial charge >= 0.3 is 11.6 Å². The number of phenolic OH excluding ortho intramolecular Hbond substituents is 1. The third-order valence-corrected chi connectivity index (χ3v) is 3.01. The lowest BCUT2D eigenvalue weighted by molar-refractivity contribution is 0.0529. The molecule has 0 fully saturated rings. The number of esters is 1. The number of benzene rings is 1. The smallest absolute Gasteiger partial charge is 0.360 e. The predicted molar refractivity (Wildman–Crippen MR) is 70.6 cm³/mol. The van der Waals surface area contributed by atoms with Crippen molar-refractivity contribution in [3.63, 3.8) is 0 Å². The Bertz CT molecular complexity index is 808.